The summed E-state index contributed by atoms with van der Waals surface area (Å²) in [7, 11) is 0. The monoisotopic (exact) mass is 182 g/mol. The smallest absolute Gasteiger partial charge is 0.165 e. The summed E-state index contributed by atoms with van der Waals surface area (Å²) in [5, 5.41) is 8.94. The van der Waals surface area contributed by atoms with Gasteiger partial charge in [0.2, 0.25) is 0 Å². The maximum absolute atomic E-state index is 12.8. The lowest BCUT2D eigenvalue weighted by Crippen LogP contribution is -1.87. The Hall–Kier alpha value is -1.05. The Balaban J connectivity index is 2.53. The van der Waals surface area contributed by atoms with Gasteiger partial charge in [-0.25, -0.2) is 4.39 Å². The number of benzene rings is 1. The Morgan fingerprint density at radius 3 is 2.69 bits per heavy atom. The van der Waals surface area contributed by atoms with Crippen molar-refractivity contribution in [2.45, 2.75) is 32.6 Å². The van der Waals surface area contributed by atoms with Gasteiger partial charge in [0.25, 0.3) is 0 Å². The fourth-order valence-electron chi connectivity index (χ4n) is 1.29. The van der Waals surface area contributed by atoms with E-state index < -0.39 is 5.82 Å². The van der Waals surface area contributed by atoms with Crippen molar-refractivity contribution in [3.05, 3.63) is 29.6 Å². The number of hydrogen-bond donors (Lipinski definition) is 1. The van der Waals surface area contributed by atoms with Crippen LogP contribution in [0.1, 0.15) is 31.7 Å². The molecule has 1 nitrogen and oxygen atoms in total. The zero-order chi connectivity index (χ0) is 9.68. The summed E-state index contributed by atoms with van der Waals surface area (Å²) in [4.78, 5) is 0. The lowest BCUT2D eigenvalue weighted by Gasteiger charge is -2.01. The second-order valence-electron chi connectivity index (χ2n) is 3.24. The average molecular weight is 182 g/mol. The predicted molar refractivity (Wildman–Crippen MR) is 51.3 cm³/mol. The summed E-state index contributed by atoms with van der Waals surface area (Å²) in [6, 6.07) is 4.59. The molecule has 1 rings (SSSR count). The second kappa shape index (κ2) is 4.85. The Kier molecular flexibility index (Phi) is 3.74. The van der Waals surface area contributed by atoms with Gasteiger partial charge in [0, 0.05) is 0 Å². The topological polar surface area (TPSA) is 20.2 Å². The van der Waals surface area contributed by atoms with Gasteiger partial charge in [-0.2, -0.15) is 0 Å². The zero-order valence-corrected chi connectivity index (χ0v) is 7.89. The van der Waals surface area contributed by atoms with Crippen LogP contribution in [-0.4, -0.2) is 5.11 Å². The van der Waals surface area contributed by atoms with Crippen molar-refractivity contribution in [1.29, 1.82) is 0 Å². The molecule has 1 aromatic rings. The maximum atomic E-state index is 12.8. The van der Waals surface area contributed by atoms with Crippen molar-refractivity contribution in [2.24, 2.45) is 0 Å². The predicted octanol–water partition coefficient (Wildman–Crippen LogP) is 3.26. The van der Waals surface area contributed by atoms with Crippen LogP contribution >= 0.6 is 0 Å². The first-order valence-corrected chi connectivity index (χ1v) is 4.71. The summed E-state index contributed by atoms with van der Waals surface area (Å²) < 4.78 is 12.8. The van der Waals surface area contributed by atoms with Crippen molar-refractivity contribution in [1.82, 2.24) is 0 Å². The molecule has 0 fully saturated rings. The Morgan fingerprint density at radius 2 is 2.08 bits per heavy atom. The lowest BCUT2D eigenvalue weighted by atomic mass is 10.1. The standard InChI is InChI=1S/C11H15FO/c1-2-3-4-5-9-6-7-11(13)10(12)8-9/h6-8,13H,2-5H2,1H3. The highest BCUT2D eigenvalue weighted by atomic mass is 19.1. The molecule has 1 aromatic carbocycles. The highest BCUT2D eigenvalue weighted by molar-refractivity contribution is 5.27. The van der Waals surface area contributed by atoms with E-state index in [9.17, 15) is 4.39 Å². The first-order valence-electron chi connectivity index (χ1n) is 4.71. The third kappa shape index (κ3) is 3.05. The molecule has 13 heavy (non-hydrogen) atoms. The number of phenolic OH excluding ortho intramolecular Hbond substituents is 1. The number of halogens is 1. The molecule has 0 unspecified atom stereocenters. The van der Waals surface area contributed by atoms with Gasteiger partial charge < -0.3 is 5.11 Å². The Bertz CT molecular complexity index is 271. The van der Waals surface area contributed by atoms with Gasteiger partial charge >= 0.3 is 0 Å². The molecule has 0 aliphatic heterocycles. The molecule has 0 heterocycles. The molecule has 0 aliphatic rings. The van der Waals surface area contributed by atoms with Crippen LogP contribution in [0.3, 0.4) is 0 Å². The lowest BCUT2D eigenvalue weighted by molar-refractivity contribution is 0.431. The summed E-state index contributed by atoms with van der Waals surface area (Å²) in [6.07, 6.45) is 4.31. The van der Waals surface area contributed by atoms with Gasteiger partial charge in [-0.15, -0.1) is 0 Å². The molecule has 72 valence electrons. The number of hydrogen-bond acceptors (Lipinski definition) is 1. The van der Waals surface area contributed by atoms with Crippen molar-refractivity contribution >= 4 is 0 Å². The van der Waals surface area contributed by atoms with Gasteiger partial charge in [-0.3, -0.25) is 0 Å². The van der Waals surface area contributed by atoms with Crippen LogP contribution in [0.15, 0.2) is 18.2 Å². The molecule has 0 amide bonds. The van der Waals surface area contributed by atoms with Crippen molar-refractivity contribution in [3.8, 4) is 5.75 Å². The minimum atomic E-state index is -0.519. The van der Waals surface area contributed by atoms with Gasteiger partial charge in [0.05, 0.1) is 0 Å². The van der Waals surface area contributed by atoms with Crippen molar-refractivity contribution < 1.29 is 9.50 Å². The number of aryl methyl sites for hydroxylation is 1. The quantitative estimate of drug-likeness (QED) is 0.708. The molecule has 0 saturated heterocycles. The fraction of sp³-hybridized carbons (Fsp3) is 0.455. The van der Waals surface area contributed by atoms with Crippen LogP contribution in [0.25, 0.3) is 0 Å². The summed E-state index contributed by atoms with van der Waals surface area (Å²) in [5.74, 6) is -0.784. The molecule has 0 aliphatic carbocycles. The normalized spacial score (nSPS) is 10.3. The first kappa shape index (κ1) is 10.0. The van der Waals surface area contributed by atoms with Gasteiger partial charge in [0.15, 0.2) is 11.6 Å². The molecule has 0 atom stereocenters. The molecule has 0 aromatic heterocycles. The Labute approximate surface area is 78.2 Å². The van der Waals surface area contributed by atoms with Crippen LogP contribution in [0, 0.1) is 5.82 Å². The number of phenols is 1. The second-order valence-corrected chi connectivity index (χ2v) is 3.24. The maximum Gasteiger partial charge on any atom is 0.165 e. The molecular weight excluding hydrogens is 167 g/mol. The minimum absolute atomic E-state index is 0.265. The van der Waals surface area contributed by atoms with E-state index >= 15 is 0 Å². The van der Waals surface area contributed by atoms with E-state index in [1.165, 1.54) is 25.0 Å². The van der Waals surface area contributed by atoms with E-state index in [4.69, 9.17) is 5.11 Å². The van der Waals surface area contributed by atoms with Crippen LogP contribution in [-0.2, 0) is 6.42 Å². The van der Waals surface area contributed by atoms with Gasteiger partial charge in [-0.05, 0) is 30.5 Å². The molecular formula is C11H15FO. The third-order valence-electron chi connectivity index (χ3n) is 2.08. The summed E-state index contributed by atoms with van der Waals surface area (Å²) in [5.41, 5.74) is 0.962. The largest absolute Gasteiger partial charge is 0.505 e. The fourth-order valence-corrected chi connectivity index (χ4v) is 1.29. The highest BCUT2D eigenvalue weighted by Gasteiger charge is 2.00. The first-order chi connectivity index (χ1) is 6.24. The van der Waals surface area contributed by atoms with E-state index in [2.05, 4.69) is 6.92 Å². The Morgan fingerprint density at radius 1 is 1.31 bits per heavy atom. The molecule has 1 N–H and O–H groups in total. The number of aromatic hydroxyl groups is 1. The van der Waals surface area contributed by atoms with Crippen LogP contribution in [0.5, 0.6) is 5.75 Å². The van der Waals surface area contributed by atoms with E-state index in [-0.39, 0.29) is 5.75 Å². The SMILES string of the molecule is CCCCCc1ccc(O)c(F)c1. The zero-order valence-electron chi connectivity index (χ0n) is 7.89. The van der Waals surface area contributed by atoms with Crippen molar-refractivity contribution in [2.75, 3.05) is 0 Å². The number of rotatable bonds is 4. The molecule has 0 spiro atoms. The van der Waals surface area contributed by atoms with E-state index in [1.807, 2.05) is 0 Å². The highest BCUT2D eigenvalue weighted by Crippen LogP contribution is 2.17. The molecule has 0 saturated carbocycles. The molecule has 2 heteroatoms. The molecule has 0 radical (unpaired) electrons. The van der Waals surface area contributed by atoms with Crippen LogP contribution < -0.4 is 0 Å². The third-order valence-corrected chi connectivity index (χ3v) is 2.08. The summed E-state index contributed by atoms with van der Waals surface area (Å²) >= 11 is 0. The number of unbranched alkanes of at least 4 members (excludes halogenated alkanes) is 2. The molecule has 0 bridgehead atoms. The average Bonchev–Trinajstić information content (AvgIpc) is 2.12. The minimum Gasteiger partial charge on any atom is -0.505 e. The van der Waals surface area contributed by atoms with Crippen LogP contribution in [0.4, 0.5) is 4.39 Å². The summed E-state index contributed by atoms with van der Waals surface area (Å²) in [6.45, 7) is 2.14. The van der Waals surface area contributed by atoms with Gasteiger partial charge in [-0.1, -0.05) is 25.8 Å². The van der Waals surface area contributed by atoms with Crippen molar-refractivity contribution in [3.63, 3.8) is 0 Å². The van der Waals surface area contributed by atoms with E-state index in [1.54, 1.807) is 6.07 Å². The van der Waals surface area contributed by atoms with E-state index in [0.717, 1.165) is 18.4 Å². The van der Waals surface area contributed by atoms with E-state index in [0.29, 0.717) is 0 Å². The van der Waals surface area contributed by atoms with Crippen LogP contribution in [0.2, 0.25) is 0 Å². The van der Waals surface area contributed by atoms with Gasteiger partial charge in [0.1, 0.15) is 0 Å².